The number of hydrogen-bond acceptors (Lipinski definition) is 8. The molecule has 2 aliphatic rings. The van der Waals surface area contributed by atoms with E-state index in [1.807, 2.05) is 12.3 Å². The van der Waals surface area contributed by atoms with Crippen LogP contribution in [0.25, 0.3) is 0 Å². The minimum Gasteiger partial charge on any atom is -0.454 e. The first-order chi connectivity index (χ1) is 14.0. The number of fused-ring (bicyclic) bond motifs is 1. The van der Waals surface area contributed by atoms with Crippen LogP contribution in [0.15, 0.2) is 41.3 Å². The number of ether oxygens (including phenoxy) is 3. The number of hydrogen-bond donors (Lipinski definition) is 4. The molecule has 2 aromatic carbocycles. The minimum absolute atomic E-state index is 0.103. The molecule has 0 amide bonds. The van der Waals surface area contributed by atoms with E-state index < -0.39 is 37.1 Å². The number of aliphatic hydroxyl groups excluding tert-OH is 4. The Morgan fingerprint density at radius 3 is 2.45 bits per heavy atom. The van der Waals surface area contributed by atoms with E-state index >= 15 is 0 Å². The molecule has 2 aliphatic heterocycles. The molecular weight excluding hydrogens is 396 g/mol. The molecule has 0 saturated carbocycles. The number of rotatable bonds is 5. The van der Waals surface area contributed by atoms with Crippen LogP contribution in [0, 0.1) is 0 Å². The largest absolute Gasteiger partial charge is 0.454 e. The third-order valence-electron chi connectivity index (χ3n) is 5.35. The van der Waals surface area contributed by atoms with E-state index in [1.165, 1.54) is 4.90 Å². The second-order valence-corrected chi connectivity index (χ2v) is 8.07. The third-order valence-corrected chi connectivity index (χ3v) is 6.09. The van der Waals surface area contributed by atoms with E-state index in [1.54, 1.807) is 17.8 Å². The number of benzene rings is 2. The van der Waals surface area contributed by atoms with Crippen LogP contribution in [0.2, 0.25) is 0 Å². The van der Waals surface area contributed by atoms with E-state index in [4.69, 9.17) is 14.2 Å². The maximum Gasteiger partial charge on any atom is 0.231 e. The second-order valence-electron chi connectivity index (χ2n) is 7.19. The normalized spacial score (nSPS) is 28.5. The van der Waals surface area contributed by atoms with Gasteiger partial charge in [-0.05, 0) is 41.6 Å². The van der Waals surface area contributed by atoms with Gasteiger partial charge in [-0.2, -0.15) is 0 Å². The molecule has 4 rings (SSSR count). The molecule has 2 heterocycles. The van der Waals surface area contributed by atoms with Crippen molar-refractivity contribution in [3.05, 3.63) is 53.1 Å². The van der Waals surface area contributed by atoms with Gasteiger partial charge in [-0.3, -0.25) is 0 Å². The van der Waals surface area contributed by atoms with Gasteiger partial charge in [0.25, 0.3) is 0 Å². The average Bonchev–Trinajstić information content (AvgIpc) is 3.22. The van der Waals surface area contributed by atoms with E-state index in [0.29, 0.717) is 23.5 Å². The summed E-state index contributed by atoms with van der Waals surface area (Å²) in [5.74, 6) is 1.18. The van der Waals surface area contributed by atoms with Gasteiger partial charge in [0.05, 0.1) is 6.61 Å². The van der Waals surface area contributed by atoms with Gasteiger partial charge in [0, 0.05) is 16.9 Å². The van der Waals surface area contributed by atoms with E-state index in [0.717, 1.165) is 11.1 Å². The van der Waals surface area contributed by atoms with Crippen LogP contribution in [0.3, 0.4) is 0 Å². The molecule has 1 fully saturated rings. The Labute approximate surface area is 172 Å². The monoisotopic (exact) mass is 420 g/mol. The molecule has 2 aromatic rings. The molecule has 0 aromatic heterocycles. The molecule has 1 saturated heterocycles. The predicted octanol–water partition coefficient (Wildman–Crippen LogP) is 1.24. The highest BCUT2D eigenvalue weighted by Crippen LogP contribution is 2.42. The fourth-order valence-electron chi connectivity index (χ4n) is 3.74. The lowest BCUT2D eigenvalue weighted by Gasteiger charge is -2.40. The summed E-state index contributed by atoms with van der Waals surface area (Å²) in [6.07, 6.45) is -3.44. The molecule has 156 valence electrons. The fourth-order valence-corrected chi connectivity index (χ4v) is 4.15. The Balaban J connectivity index is 1.67. The summed E-state index contributed by atoms with van der Waals surface area (Å²) in [4.78, 5) is 1.17. The lowest BCUT2D eigenvalue weighted by molar-refractivity contribution is -0.231. The van der Waals surface area contributed by atoms with Gasteiger partial charge in [0.1, 0.15) is 30.5 Å². The fraction of sp³-hybridized carbons (Fsp3) is 0.429. The Hall–Kier alpha value is -1.81. The summed E-state index contributed by atoms with van der Waals surface area (Å²) in [5, 5.41) is 40.1. The molecule has 5 atom stereocenters. The molecule has 4 N–H and O–H groups in total. The summed E-state index contributed by atoms with van der Waals surface area (Å²) < 4.78 is 16.9. The van der Waals surface area contributed by atoms with E-state index in [2.05, 4.69) is 24.3 Å². The van der Waals surface area contributed by atoms with Crippen molar-refractivity contribution in [1.29, 1.82) is 0 Å². The van der Waals surface area contributed by atoms with Crippen LogP contribution in [0.1, 0.15) is 22.8 Å². The summed E-state index contributed by atoms with van der Waals surface area (Å²) in [6.45, 7) is -0.369. The van der Waals surface area contributed by atoms with Gasteiger partial charge in [0.15, 0.2) is 11.5 Å². The van der Waals surface area contributed by atoms with Crippen LogP contribution < -0.4 is 9.47 Å². The van der Waals surface area contributed by atoms with Crippen LogP contribution in [-0.4, -0.2) is 64.5 Å². The van der Waals surface area contributed by atoms with Crippen molar-refractivity contribution >= 4 is 11.8 Å². The van der Waals surface area contributed by atoms with Crippen molar-refractivity contribution in [3.8, 4) is 11.5 Å². The van der Waals surface area contributed by atoms with Crippen molar-refractivity contribution in [2.75, 3.05) is 19.7 Å². The second kappa shape index (κ2) is 8.51. The zero-order valence-corrected chi connectivity index (χ0v) is 16.7. The van der Waals surface area contributed by atoms with E-state index in [9.17, 15) is 20.4 Å². The molecule has 29 heavy (non-hydrogen) atoms. The van der Waals surface area contributed by atoms with Gasteiger partial charge in [-0.1, -0.05) is 12.1 Å². The van der Waals surface area contributed by atoms with E-state index in [-0.39, 0.29) is 6.79 Å². The standard InChI is InChI=1S/C21H24O7S/c1-29-14-4-2-11(3-5-14)6-12-7-13(8-15-20(12)27-10-26-15)21-19(25)18(24)17(23)16(9-22)28-21/h2-5,7-8,16-19,21-25H,6,9-10H2,1H3/t16?,17?,18?,19-,21+/m1/s1. The van der Waals surface area contributed by atoms with Crippen molar-refractivity contribution in [1.82, 2.24) is 0 Å². The Morgan fingerprint density at radius 2 is 1.76 bits per heavy atom. The van der Waals surface area contributed by atoms with Crippen molar-refractivity contribution in [3.63, 3.8) is 0 Å². The average molecular weight is 420 g/mol. The van der Waals surface area contributed by atoms with Gasteiger partial charge >= 0.3 is 0 Å². The first-order valence-corrected chi connectivity index (χ1v) is 10.6. The maximum atomic E-state index is 10.5. The summed E-state index contributed by atoms with van der Waals surface area (Å²) in [7, 11) is 0. The van der Waals surface area contributed by atoms with Crippen LogP contribution in [0.4, 0.5) is 0 Å². The third kappa shape index (κ3) is 3.96. The molecule has 0 spiro atoms. The minimum atomic E-state index is -1.43. The lowest BCUT2D eigenvalue weighted by Crippen LogP contribution is -2.55. The first kappa shape index (κ1) is 20.5. The Bertz CT molecular complexity index is 855. The van der Waals surface area contributed by atoms with Gasteiger partial charge in [0.2, 0.25) is 6.79 Å². The molecular formula is C21H24O7S. The Kier molecular flexibility index (Phi) is 6.00. The van der Waals surface area contributed by atoms with Crippen LogP contribution in [0.5, 0.6) is 11.5 Å². The number of aliphatic hydroxyl groups is 4. The lowest BCUT2D eigenvalue weighted by atomic mass is 9.89. The topological polar surface area (TPSA) is 109 Å². The van der Waals surface area contributed by atoms with Crippen LogP contribution in [-0.2, 0) is 11.2 Å². The zero-order chi connectivity index (χ0) is 20.5. The van der Waals surface area contributed by atoms with Crippen LogP contribution >= 0.6 is 11.8 Å². The molecule has 8 heteroatoms. The van der Waals surface area contributed by atoms with Crippen molar-refractivity contribution < 1.29 is 34.6 Å². The SMILES string of the molecule is CSc1ccc(Cc2cc([C@@H]3OC(CO)C(O)C(O)[C@H]3O)cc3c2OCO3)cc1. The Morgan fingerprint density at radius 1 is 1.00 bits per heavy atom. The molecule has 0 bridgehead atoms. The highest BCUT2D eigenvalue weighted by atomic mass is 32.2. The molecule has 0 aliphatic carbocycles. The van der Waals surface area contributed by atoms with Gasteiger partial charge in [-0.25, -0.2) is 0 Å². The highest BCUT2D eigenvalue weighted by Gasteiger charge is 2.44. The predicted molar refractivity (Wildman–Crippen MR) is 106 cm³/mol. The first-order valence-electron chi connectivity index (χ1n) is 9.37. The maximum absolute atomic E-state index is 10.5. The number of thioether (sulfide) groups is 1. The highest BCUT2D eigenvalue weighted by molar-refractivity contribution is 7.98. The molecule has 7 nitrogen and oxygen atoms in total. The van der Waals surface area contributed by atoms with Crippen molar-refractivity contribution in [2.45, 2.75) is 41.8 Å². The van der Waals surface area contributed by atoms with Gasteiger partial charge < -0.3 is 34.6 Å². The molecule has 0 radical (unpaired) electrons. The van der Waals surface area contributed by atoms with Crippen molar-refractivity contribution in [2.24, 2.45) is 0 Å². The van der Waals surface area contributed by atoms with Gasteiger partial charge in [-0.15, -0.1) is 11.8 Å². The zero-order valence-electron chi connectivity index (χ0n) is 15.9. The molecule has 3 unspecified atom stereocenters. The summed E-state index contributed by atoms with van der Waals surface area (Å²) in [6, 6.07) is 11.8. The smallest absolute Gasteiger partial charge is 0.231 e. The quantitative estimate of drug-likeness (QED) is 0.535. The summed E-state index contributed by atoms with van der Waals surface area (Å²) in [5.41, 5.74) is 2.54. The summed E-state index contributed by atoms with van der Waals surface area (Å²) >= 11 is 1.67.